The number of benzene rings is 3. The summed E-state index contributed by atoms with van der Waals surface area (Å²) < 4.78 is 5.96. The molecular weight excluding hydrogens is 328 g/mol. The lowest BCUT2D eigenvalue weighted by atomic mass is 10.1. The normalized spacial score (nSPS) is 11.1. The third-order valence-corrected chi connectivity index (χ3v) is 4.03. The fraction of sp³-hybridized carbons (Fsp3) is 0.0476. The molecule has 3 aromatic carbocycles. The largest absolute Gasteiger partial charge is 0.488 e. The number of para-hydroxylation sites is 1. The molecule has 0 bridgehead atoms. The minimum Gasteiger partial charge on any atom is -0.488 e. The molecule has 0 atom stereocenters. The van der Waals surface area contributed by atoms with Crippen LogP contribution < -0.4 is 10.5 Å². The summed E-state index contributed by atoms with van der Waals surface area (Å²) in [7, 11) is 0. The van der Waals surface area contributed by atoms with Gasteiger partial charge in [-0.05, 0) is 34.5 Å². The van der Waals surface area contributed by atoms with E-state index >= 15 is 0 Å². The maximum atomic E-state index is 9.13. The molecule has 0 radical (unpaired) electrons. The average molecular weight is 344 g/mol. The van der Waals surface area contributed by atoms with Gasteiger partial charge in [0.15, 0.2) is 0 Å². The number of hydrogen-bond acceptors (Lipinski definition) is 3. The highest BCUT2D eigenvalue weighted by Gasteiger charge is 2.05. The Kier molecular flexibility index (Phi) is 5.08. The van der Waals surface area contributed by atoms with Crippen molar-refractivity contribution in [2.75, 3.05) is 0 Å². The Morgan fingerprint density at radius 1 is 1.04 bits per heavy atom. The molecule has 0 spiro atoms. The number of nitrogens with zero attached hydrogens (tertiary/aromatic N) is 1. The van der Waals surface area contributed by atoms with Gasteiger partial charge in [0.05, 0.1) is 5.57 Å². The first-order valence-electron chi connectivity index (χ1n) is 7.78. The molecule has 0 aliphatic carbocycles. The molecule has 0 aliphatic rings. The lowest BCUT2D eigenvalue weighted by Gasteiger charge is -2.10. The number of hydrogen-bond donors (Lipinski definition) is 1. The summed E-state index contributed by atoms with van der Waals surface area (Å²) in [5.74, 6) is 0.680. The number of fused-ring (bicyclic) bond motifs is 1. The van der Waals surface area contributed by atoms with E-state index in [0.29, 0.717) is 12.4 Å². The van der Waals surface area contributed by atoms with Gasteiger partial charge >= 0.3 is 0 Å². The Labute approximate surface area is 152 Å². The lowest BCUT2D eigenvalue weighted by Crippen LogP contribution is -2.09. The minimum absolute atomic E-state index is 0.0758. The molecule has 0 amide bonds. The van der Waals surface area contributed by atoms with Crippen LogP contribution in [0.1, 0.15) is 11.1 Å². The zero-order valence-electron chi connectivity index (χ0n) is 13.5. The van der Waals surface area contributed by atoms with Crippen LogP contribution in [0.2, 0.25) is 0 Å². The van der Waals surface area contributed by atoms with Crippen molar-refractivity contribution >= 4 is 34.1 Å². The van der Waals surface area contributed by atoms with Gasteiger partial charge in [-0.1, -0.05) is 66.8 Å². The zero-order valence-corrected chi connectivity index (χ0v) is 14.3. The van der Waals surface area contributed by atoms with E-state index in [-0.39, 0.29) is 10.6 Å². The standard InChI is InChI=1S/C21H16N2OS/c22-13-19(21(23)25)12-18-7-3-4-8-20(18)24-14-15-9-10-16-5-1-2-6-17(16)11-15/h1-12H,14H2,(H2,23,25)/b19-12-. The molecule has 2 N–H and O–H groups in total. The number of rotatable bonds is 5. The predicted octanol–water partition coefficient (Wildman–Crippen LogP) is 4.61. The molecule has 0 heterocycles. The van der Waals surface area contributed by atoms with Crippen LogP contribution >= 0.6 is 12.2 Å². The summed E-state index contributed by atoms with van der Waals surface area (Å²) in [6.07, 6.45) is 1.65. The second-order valence-corrected chi connectivity index (χ2v) is 5.98. The zero-order chi connectivity index (χ0) is 17.6. The van der Waals surface area contributed by atoms with E-state index in [1.54, 1.807) is 6.08 Å². The first-order valence-corrected chi connectivity index (χ1v) is 8.19. The van der Waals surface area contributed by atoms with Crippen molar-refractivity contribution in [1.82, 2.24) is 0 Å². The van der Waals surface area contributed by atoms with E-state index in [1.165, 1.54) is 10.8 Å². The molecule has 25 heavy (non-hydrogen) atoms. The van der Waals surface area contributed by atoms with Crippen LogP contribution in [0.3, 0.4) is 0 Å². The van der Waals surface area contributed by atoms with E-state index in [9.17, 15) is 0 Å². The van der Waals surface area contributed by atoms with Crippen molar-refractivity contribution in [2.45, 2.75) is 6.61 Å². The van der Waals surface area contributed by atoms with Crippen molar-refractivity contribution in [3.63, 3.8) is 0 Å². The molecule has 3 rings (SSSR count). The number of ether oxygens (including phenoxy) is 1. The molecule has 0 saturated heterocycles. The van der Waals surface area contributed by atoms with Crippen molar-refractivity contribution in [1.29, 1.82) is 5.26 Å². The van der Waals surface area contributed by atoms with Gasteiger partial charge in [0, 0.05) is 5.56 Å². The maximum absolute atomic E-state index is 9.13. The highest BCUT2D eigenvalue weighted by molar-refractivity contribution is 7.80. The molecule has 3 nitrogen and oxygen atoms in total. The van der Waals surface area contributed by atoms with Crippen molar-refractivity contribution in [3.8, 4) is 11.8 Å². The van der Waals surface area contributed by atoms with Gasteiger partial charge in [-0.2, -0.15) is 5.26 Å². The van der Waals surface area contributed by atoms with Crippen LogP contribution in [0, 0.1) is 11.3 Å². The van der Waals surface area contributed by atoms with Crippen LogP contribution in [0.15, 0.2) is 72.3 Å². The Bertz CT molecular complexity index is 1000. The van der Waals surface area contributed by atoms with Crippen molar-refractivity contribution in [3.05, 3.63) is 83.4 Å². The van der Waals surface area contributed by atoms with Crippen LogP contribution in [0.5, 0.6) is 5.75 Å². The summed E-state index contributed by atoms with van der Waals surface area (Å²) in [6, 6.07) is 24.0. The van der Waals surface area contributed by atoms with Gasteiger partial charge < -0.3 is 10.5 Å². The maximum Gasteiger partial charge on any atom is 0.127 e. The number of thiocarbonyl (C=S) groups is 1. The van der Waals surface area contributed by atoms with Gasteiger partial charge in [0.2, 0.25) is 0 Å². The number of nitrogens with two attached hydrogens (primary N) is 1. The van der Waals surface area contributed by atoms with E-state index in [1.807, 2.05) is 42.5 Å². The van der Waals surface area contributed by atoms with Crippen LogP contribution in [-0.2, 0) is 6.61 Å². The second-order valence-electron chi connectivity index (χ2n) is 5.54. The average Bonchev–Trinajstić information content (AvgIpc) is 2.64. The molecule has 122 valence electrons. The summed E-state index contributed by atoms with van der Waals surface area (Å²) in [5.41, 5.74) is 7.67. The smallest absolute Gasteiger partial charge is 0.127 e. The van der Waals surface area contributed by atoms with Gasteiger partial charge in [-0.25, -0.2) is 0 Å². The Hall–Kier alpha value is -3.16. The Morgan fingerprint density at radius 3 is 2.52 bits per heavy atom. The van der Waals surface area contributed by atoms with Crippen LogP contribution in [-0.4, -0.2) is 4.99 Å². The Balaban J connectivity index is 1.83. The first-order chi connectivity index (χ1) is 12.2. The van der Waals surface area contributed by atoms with E-state index in [2.05, 4.69) is 30.3 Å². The van der Waals surface area contributed by atoms with Crippen LogP contribution in [0.4, 0.5) is 0 Å². The van der Waals surface area contributed by atoms with Gasteiger partial charge in [-0.15, -0.1) is 0 Å². The van der Waals surface area contributed by atoms with Gasteiger partial charge in [0.25, 0.3) is 0 Å². The molecule has 0 saturated carbocycles. The van der Waals surface area contributed by atoms with Crippen molar-refractivity contribution < 1.29 is 4.74 Å². The molecular formula is C21H16N2OS. The molecule has 4 heteroatoms. The van der Waals surface area contributed by atoms with Crippen molar-refractivity contribution in [2.24, 2.45) is 5.73 Å². The van der Waals surface area contributed by atoms with E-state index in [4.69, 9.17) is 28.0 Å². The third kappa shape index (κ3) is 4.03. The summed E-state index contributed by atoms with van der Waals surface area (Å²) in [5, 5.41) is 11.5. The summed E-state index contributed by atoms with van der Waals surface area (Å²) >= 11 is 4.89. The minimum atomic E-state index is 0.0758. The predicted molar refractivity (Wildman–Crippen MR) is 105 cm³/mol. The monoisotopic (exact) mass is 344 g/mol. The molecule has 0 aliphatic heterocycles. The van der Waals surface area contributed by atoms with Gasteiger partial charge in [-0.3, -0.25) is 0 Å². The molecule has 0 unspecified atom stereocenters. The number of nitriles is 1. The Morgan fingerprint density at radius 2 is 1.76 bits per heavy atom. The van der Waals surface area contributed by atoms with Gasteiger partial charge in [0.1, 0.15) is 23.4 Å². The SMILES string of the molecule is N#C/C(=C/c1ccccc1OCc1ccc2ccccc2c1)C(N)=S. The third-order valence-electron chi connectivity index (χ3n) is 3.81. The fourth-order valence-electron chi connectivity index (χ4n) is 2.53. The van der Waals surface area contributed by atoms with E-state index in [0.717, 1.165) is 11.1 Å². The summed E-state index contributed by atoms with van der Waals surface area (Å²) in [4.78, 5) is 0.0758. The fourth-order valence-corrected chi connectivity index (χ4v) is 2.64. The highest BCUT2D eigenvalue weighted by Crippen LogP contribution is 2.23. The van der Waals surface area contributed by atoms with Crippen LogP contribution in [0.25, 0.3) is 16.8 Å². The highest BCUT2D eigenvalue weighted by atomic mass is 32.1. The molecule has 3 aromatic rings. The second kappa shape index (κ2) is 7.61. The topological polar surface area (TPSA) is 59.0 Å². The first kappa shape index (κ1) is 16.7. The lowest BCUT2D eigenvalue weighted by molar-refractivity contribution is 0.306. The van der Waals surface area contributed by atoms with E-state index < -0.39 is 0 Å². The molecule has 0 aromatic heterocycles. The molecule has 0 fully saturated rings. The summed E-state index contributed by atoms with van der Waals surface area (Å²) in [6.45, 7) is 0.435. The quantitative estimate of drug-likeness (QED) is 0.417.